The van der Waals surface area contributed by atoms with Crippen LogP contribution in [0.25, 0.3) is 0 Å². The van der Waals surface area contributed by atoms with E-state index in [2.05, 4.69) is 17.6 Å². The molecule has 1 aliphatic heterocycles. The number of amides is 1. The zero-order chi connectivity index (χ0) is 16.2. The lowest BCUT2D eigenvalue weighted by Crippen LogP contribution is -2.42. The fourth-order valence-corrected chi connectivity index (χ4v) is 3.47. The molecule has 0 bridgehead atoms. The average molecular weight is 361 g/mol. The van der Waals surface area contributed by atoms with Gasteiger partial charge in [-0.05, 0) is 55.6 Å². The number of nitrogens with one attached hydrogen (secondary N) is 2. The van der Waals surface area contributed by atoms with Crippen LogP contribution < -0.4 is 10.6 Å². The van der Waals surface area contributed by atoms with Crippen molar-refractivity contribution < 1.29 is 13.2 Å². The molecule has 0 unspecified atom stereocenters. The standard InChI is InChI=1S/C16H24N2O3S.ClH/c1-3-22(20,21)14-6-4-13(5-7-14)15(19)18-12-16(2)8-10-17-11-9-16;/h4-7,17H,3,8-12H2,1-2H3,(H,18,19);1H. The number of benzene rings is 1. The van der Waals surface area contributed by atoms with Crippen molar-refractivity contribution >= 4 is 28.2 Å². The highest BCUT2D eigenvalue weighted by molar-refractivity contribution is 7.91. The predicted octanol–water partition coefficient (Wildman–Crippen LogP) is 2.02. The van der Waals surface area contributed by atoms with Crippen molar-refractivity contribution in [2.24, 2.45) is 5.41 Å². The molecule has 1 saturated heterocycles. The molecule has 1 aliphatic rings. The first-order valence-electron chi connectivity index (χ1n) is 7.68. The summed E-state index contributed by atoms with van der Waals surface area (Å²) in [6.07, 6.45) is 2.09. The van der Waals surface area contributed by atoms with Crippen molar-refractivity contribution in [1.29, 1.82) is 0 Å². The minimum atomic E-state index is -3.22. The van der Waals surface area contributed by atoms with E-state index in [0.29, 0.717) is 12.1 Å². The molecule has 1 aromatic rings. The number of halogens is 1. The number of hydrogen-bond acceptors (Lipinski definition) is 4. The smallest absolute Gasteiger partial charge is 0.251 e. The summed E-state index contributed by atoms with van der Waals surface area (Å²) >= 11 is 0. The molecular formula is C16H25ClN2O3S. The third-order valence-electron chi connectivity index (χ3n) is 4.34. The second-order valence-electron chi connectivity index (χ2n) is 6.17. The highest BCUT2D eigenvalue weighted by Gasteiger charge is 2.27. The van der Waals surface area contributed by atoms with E-state index in [0.717, 1.165) is 25.9 Å². The SMILES string of the molecule is CCS(=O)(=O)c1ccc(C(=O)NCC2(C)CCNCC2)cc1.Cl. The summed E-state index contributed by atoms with van der Waals surface area (Å²) in [5.74, 6) is -0.0921. The molecule has 2 N–H and O–H groups in total. The Labute approximate surface area is 144 Å². The molecule has 1 fully saturated rings. The van der Waals surface area contributed by atoms with Crippen LogP contribution in [-0.4, -0.2) is 39.7 Å². The molecule has 1 heterocycles. The molecule has 0 aliphatic carbocycles. The lowest BCUT2D eigenvalue weighted by Gasteiger charge is -2.34. The highest BCUT2D eigenvalue weighted by atomic mass is 35.5. The molecule has 0 spiro atoms. The number of carbonyl (C=O) groups is 1. The van der Waals surface area contributed by atoms with Gasteiger partial charge in [0.25, 0.3) is 5.91 Å². The number of carbonyl (C=O) groups excluding carboxylic acids is 1. The third kappa shape index (κ3) is 5.19. The first-order valence-corrected chi connectivity index (χ1v) is 9.33. The topological polar surface area (TPSA) is 75.3 Å². The Hall–Kier alpha value is -1.11. The van der Waals surface area contributed by atoms with Crippen molar-refractivity contribution in [3.8, 4) is 0 Å². The molecule has 1 aromatic carbocycles. The number of sulfone groups is 1. The van der Waals surface area contributed by atoms with E-state index in [9.17, 15) is 13.2 Å². The highest BCUT2D eigenvalue weighted by Crippen LogP contribution is 2.26. The molecule has 1 amide bonds. The summed E-state index contributed by atoms with van der Waals surface area (Å²) in [6, 6.07) is 6.14. The van der Waals surface area contributed by atoms with Crippen LogP contribution in [0.3, 0.4) is 0 Å². The predicted molar refractivity (Wildman–Crippen MR) is 94.0 cm³/mol. The van der Waals surface area contributed by atoms with Gasteiger partial charge in [-0.15, -0.1) is 12.4 Å². The molecule has 0 aromatic heterocycles. The van der Waals surface area contributed by atoms with E-state index >= 15 is 0 Å². The van der Waals surface area contributed by atoms with Crippen LogP contribution >= 0.6 is 12.4 Å². The van der Waals surface area contributed by atoms with Crippen molar-refractivity contribution in [1.82, 2.24) is 10.6 Å². The first kappa shape index (κ1) is 19.9. The van der Waals surface area contributed by atoms with Crippen LogP contribution in [0.15, 0.2) is 29.2 Å². The van der Waals surface area contributed by atoms with Crippen molar-refractivity contribution in [3.05, 3.63) is 29.8 Å². The Morgan fingerprint density at radius 3 is 2.30 bits per heavy atom. The Balaban J connectivity index is 0.00000264. The van der Waals surface area contributed by atoms with Gasteiger partial charge < -0.3 is 10.6 Å². The van der Waals surface area contributed by atoms with E-state index in [-0.39, 0.29) is 34.4 Å². The zero-order valence-electron chi connectivity index (χ0n) is 13.6. The fraction of sp³-hybridized carbons (Fsp3) is 0.562. The summed E-state index contributed by atoms with van der Waals surface area (Å²) in [6.45, 7) is 6.40. The number of hydrogen-bond donors (Lipinski definition) is 2. The first-order chi connectivity index (χ1) is 10.4. The van der Waals surface area contributed by atoms with Crippen LogP contribution in [0.4, 0.5) is 0 Å². The van der Waals surface area contributed by atoms with Crippen LogP contribution in [0.1, 0.15) is 37.0 Å². The normalized spacial score (nSPS) is 17.1. The molecule has 0 radical (unpaired) electrons. The van der Waals surface area contributed by atoms with Crippen LogP contribution in [0, 0.1) is 5.41 Å². The third-order valence-corrected chi connectivity index (χ3v) is 6.09. The van der Waals surface area contributed by atoms with Crippen LogP contribution in [0.5, 0.6) is 0 Å². The summed E-state index contributed by atoms with van der Waals surface area (Å²) in [5.41, 5.74) is 0.624. The lowest BCUT2D eigenvalue weighted by atomic mass is 9.81. The van der Waals surface area contributed by atoms with Gasteiger partial charge >= 0.3 is 0 Å². The largest absolute Gasteiger partial charge is 0.351 e. The fourth-order valence-electron chi connectivity index (χ4n) is 2.58. The molecule has 23 heavy (non-hydrogen) atoms. The minimum absolute atomic E-state index is 0. The number of piperidine rings is 1. The monoisotopic (exact) mass is 360 g/mol. The van der Waals surface area contributed by atoms with Gasteiger partial charge in [-0.1, -0.05) is 13.8 Å². The summed E-state index contributed by atoms with van der Waals surface area (Å²) < 4.78 is 23.5. The van der Waals surface area contributed by atoms with Crippen molar-refractivity contribution in [2.75, 3.05) is 25.4 Å². The van der Waals surface area contributed by atoms with Gasteiger partial charge in [-0.3, -0.25) is 4.79 Å². The maximum Gasteiger partial charge on any atom is 0.251 e. The van der Waals surface area contributed by atoms with E-state index < -0.39 is 9.84 Å². The summed E-state index contributed by atoms with van der Waals surface area (Å²) in [5, 5.41) is 6.28. The van der Waals surface area contributed by atoms with E-state index in [4.69, 9.17) is 0 Å². The van der Waals surface area contributed by atoms with Gasteiger partial charge in [0, 0.05) is 12.1 Å². The second kappa shape index (κ2) is 8.13. The molecular weight excluding hydrogens is 336 g/mol. The average Bonchev–Trinajstić information content (AvgIpc) is 2.53. The van der Waals surface area contributed by atoms with Gasteiger partial charge in [-0.25, -0.2) is 8.42 Å². The minimum Gasteiger partial charge on any atom is -0.351 e. The number of rotatable bonds is 5. The molecule has 130 valence electrons. The van der Waals surface area contributed by atoms with Gasteiger partial charge in [0.2, 0.25) is 0 Å². The van der Waals surface area contributed by atoms with Crippen LogP contribution in [-0.2, 0) is 9.84 Å². The van der Waals surface area contributed by atoms with Gasteiger partial charge in [0.15, 0.2) is 9.84 Å². The molecule has 0 saturated carbocycles. The molecule has 0 atom stereocenters. The Morgan fingerprint density at radius 2 is 1.78 bits per heavy atom. The maximum atomic E-state index is 12.2. The van der Waals surface area contributed by atoms with E-state index in [1.807, 2.05) is 0 Å². The zero-order valence-corrected chi connectivity index (χ0v) is 15.2. The quantitative estimate of drug-likeness (QED) is 0.842. The Bertz CT molecular complexity index is 623. The van der Waals surface area contributed by atoms with Crippen LogP contribution in [0.2, 0.25) is 0 Å². The summed E-state index contributed by atoms with van der Waals surface area (Å²) in [4.78, 5) is 12.4. The van der Waals surface area contributed by atoms with Crippen molar-refractivity contribution in [3.63, 3.8) is 0 Å². The second-order valence-corrected chi connectivity index (χ2v) is 8.45. The molecule has 7 heteroatoms. The summed E-state index contributed by atoms with van der Waals surface area (Å²) in [7, 11) is -3.22. The van der Waals surface area contributed by atoms with Gasteiger partial charge in [0.1, 0.15) is 0 Å². The van der Waals surface area contributed by atoms with E-state index in [1.165, 1.54) is 12.1 Å². The van der Waals surface area contributed by atoms with E-state index in [1.54, 1.807) is 19.1 Å². The molecule has 2 rings (SSSR count). The Morgan fingerprint density at radius 1 is 1.22 bits per heavy atom. The Kier molecular flexibility index (Phi) is 7.04. The van der Waals surface area contributed by atoms with Crippen molar-refractivity contribution in [2.45, 2.75) is 31.6 Å². The lowest BCUT2D eigenvalue weighted by molar-refractivity contribution is 0.0922. The van der Waals surface area contributed by atoms with Gasteiger partial charge in [0.05, 0.1) is 10.6 Å². The maximum absolute atomic E-state index is 12.2. The molecule has 5 nitrogen and oxygen atoms in total. The van der Waals surface area contributed by atoms with Gasteiger partial charge in [-0.2, -0.15) is 0 Å².